The van der Waals surface area contributed by atoms with Crippen LogP contribution in [-0.2, 0) is 6.54 Å². The number of nitrogen functional groups attached to an aromatic ring is 1. The van der Waals surface area contributed by atoms with E-state index in [-0.39, 0.29) is 5.56 Å². The second-order valence-corrected chi connectivity index (χ2v) is 6.18. The molecule has 0 heterocycles. The van der Waals surface area contributed by atoms with Gasteiger partial charge in [-0.1, -0.05) is 25.5 Å². The van der Waals surface area contributed by atoms with Gasteiger partial charge in [0.15, 0.2) is 0 Å². The highest BCUT2D eigenvalue weighted by molar-refractivity contribution is 5.95. The largest absolute Gasteiger partial charge is 0.478 e. The molecular weight excluding hydrogens is 264 g/mol. The van der Waals surface area contributed by atoms with Crippen LogP contribution < -0.4 is 5.73 Å². The smallest absolute Gasteiger partial charge is 0.338 e. The normalized spacial score (nSPS) is 22.4. The summed E-state index contributed by atoms with van der Waals surface area (Å²) in [5.74, 6) is -0.0669. The van der Waals surface area contributed by atoms with Crippen molar-refractivity contribution >= 4 is 11.7 Å². The van der Waals surface area contributed by atoms with Gasteiger partial charge >= 0.3 is 5.97 Å². The van der Waals surface area contributed by atoms with E-state index in [1.165, 1.54) is 32.1 Å². The Hall–Kier alpha value is -1.55. The second-order valence-electron chi connectivity index (χ2n) is 6.18. The van der Waals surface area contributed by atoms with Crippen molar-refractivity contribution in [3.63, 3.8) is 0 Å². The van der Waals surface area contributed by atoms with Crippen LogP contribution in [0, 0.1) is 5.92 Å². The number of hydrogen-bond donors (Lipinski definition) is 2. The minimum atomic E-state index is -0.939. The van der Waals surface area contributed by atoms with Gasteiger partial charge in [-0.2, -0.15) is 0 Å². The lowest BCUT2D eigenvalue weighted by atomic mass is 9.84. The van der Waals surface area contributed by atoms with Crippen LogP contribution in [0.2, 0.25) is 0 Å². The summed E-state index contributed by atoms with van der Waals surface area (Å²) >= 11 is 0. The summed E-state index contributed by atoms with van der Waals surface area (Å²) < 4.78 is 0. The number of benzene rings is 1. The van der Waals surface area contributed by atoms with E-state index in [1.54, 1.807) is 6.07 Å². The van der Waals surface area contributed by atoms with Gasteiger partial charge in [-0.25, -0.2) is 4.79 Å². The predicted molar refractivity (Wildman–Crippen MR) is 85.3 cm³/mol. The molecule has 0 aliphatic heterocycles. The van der Waals surface area contributed by atoms with Crippen molar-refractivity contribution < 1.29 is 9.90 Å². The molecule has 1 saturated carbocycles. The summed E-state index contributed by atoms with van der Waals surface area (Å²) in [5.41, 5.74) is 7.23. The Kier molecular flexibility index (Phi) is 5.23. The van der Waals surface area contributed by atoms with E-state index >= 15 is 0 Å². The van der Waals surface area contributed by atoms with Crippen molar-refractivity contribution in [1.29, 1.82) is 0 Å². The van der Waals surface area contributed by atoms with E-state index in [2.05, 4.69) is 18.9 Å². The Morgan fingerprint density at radius 2 is 2.00 bits per heavy atom. The van der Waals surface area contributed by atoms with Gasteiger partial charge in [0.1, 0.15) is 0 Å². The first-order valence-electron chi connectivity index (χ1n) is 7.83. The van der Waals surface area contributed by atoms with Crippen LogP contribution in [0.1, 0.15) is 54.9 Å². The average Bonchev–Trinajstić information content (AvgIpc) is 2.47. The number of nitrogens with two attached hydrogens (primary N) is 1. The number of aromatic carboxylic acids is 1. The third kappa shape index (κ3) is 3.76. The maximum atomic E-state index is 11.4. The molecule has 2 rings (SSSR count). The Labute approximate surface area is 126 Å². The van der Waals surface area contributed by atoms with Crippen LogP contribution in [0.4, 0.5) is 5.69 Å². The fraction of sp³-hybridized carbons (Fsp3) is 0.588. The van der Waals surface area contributed by atoms with Crippen molar-refractivity contribution in [2.45, 2.75) is 51.6 Å². The topological polar surface area (TPSA) is 66.6 Å². The first-order valence-corrected chi connectivity index (χ1v) is 7.83. The van der Waals surface area contributed by atoms with Crippen LogP contribution in [0.3, 0.4) is 0 Å². The molecule has 3 N–H and O–H groups in total. The van der Waals surface area contributed by atoms with Crippen LogP contribution in [-0.4, -0.2) is 29.1 Å². The van der Waals surface area contributed by atoms with Gasteiger partial charge in [0.25, 0.3) is 0 Å². The highest BCUT2D eigenvalue weighted by atomic mass is 16.4. The highest BCUT2D eigenvalue weighted by Crippen LogP contribution is 2.30. The van der Waals surface area contributed by atoms with E-state index in [4.69, 9.17) is 5.73 Å². The molecule has 0 spiro atoms. The molecule has 0 unspecified atom stereocenters. The van der Waals surface area contributed by atoms with Crippen molar-refractivity contribution in [2.24, 2.45) is 5.92 Å². The van der Waals surface area contributed by atoms with Gasteiger partial charge in [0.05, 0.1) is 5.56 Å². The number of carbonyl (C=O) groups is 1. The zero-order chi connectivity index (χ0) is 15.4. The molecule has 0 saturated heterocycles. The maximum Gasteiger partial charge on any atom is 0.338 e. The Morgan fingerprint density at radius 3 is 2.57 bits per heavy atom. The molecule has 1 aromatic rings. The summed E-state index contributed by atoms with van der Waals surface area (Å²) in [4.78, 5) is 13.7. The molecule has 4 nitrogen and oxygen atoms in total. The lowest BCUT2D eigenvalue weighted by Crippen LogP contribution is -2.35. The molecule has 1 aliphatic carbocycles. The fourth-order valence-corrected chi connectivity index (χ4v) is 3.40. The molecule has 4 heteroatoms. The van der Waals surface area contributed by atoms with Crippen LogP contribution >= 0.6 is 0 Å². The zero-order valence-corrected chi connectivity index (χ0v) is 13.0. The lowest BCUT2D eigenvalue weighted by molar-refractivity contribution is 0.0694. The Balaban J connectivity index is 2.05. The van der Waals surface area contributed by atoms with Gasteiger partial charge in [-0.05, 0) is 50.3 Å². The van der Waals surface area contributed by atoms with E-state index in [0.717, 1.165) is 11.5 Å². The standard InChI is InChI=1S/C17H26N2O2/c1-3-12-7-9-14(10-8-12)19(2)11-13-5-4-6-15(18)16(13)17(20)21/h4-6,12,14H,3,7-11,18H2,1-2H3,(H,20,21). The van der Waals surface area contributed by atoms with E-state index in [9.17, 15) is 9.90 Å². The van der Waals surface area contributed by atoms with Crippen molar-refractivity contribution in [1.82, 2.24) is 4.90 Å². The van der Waals surface area contributed by atoms with Crippen molar-refractivity contribution in [2.75, 3.05) is 12.8 Å². The summed E-state index contributed by atoms with van der Waals surface area (Å²) in [6.07, 6.45) is 6.26. The van der Waals surface area contributed by atoms with Gasteiger partial charge in [0, 0.05) is 18.3 Å². The Bertz CT molecular complexity index is 494. The highest BCUT2D eigenvalue weighted by Gasteiger charge is 2.24. The molecule has 1 fully saturated rings. The SMILES string of the molecule is CCC1CCC(N(C)Cc2cccc(N)c2C(=O)O)CC1. The molecule has 21 heavy (non-hydrogen) atoms. The summed E-state index contributed by atoms with van der Waals surface area (Å²) in [6.45, 7) is 2.91. The first-order chi connectivity index (χ1) is 10.0. The Morgan fingerprint density at radius 1 is 1.33 bits per heavy atom. The third-order valence-electron chi connectivity index (χ3n) is 4.83. The first kappa shape index (κ1) is 15.8. The molecule has 1 aliphatic rings. The molecular formula is C17H26N2O2. The number of rotatable bonds is 5. The van der Waals surface area contributed by atoms with Gasteiger partial charge < -0.3 is 10.8 Å². The summed E-state index contributed by atoms with van der Waals surface area (Å²) in [5, 5.41) is 9.34. The molecule has 0 bridgehead atoms. The fourth-order valence-electron chi connectivity index (χ4n) is 3.40. The van der Waals surface area contributed by atoms with Crippen molar-refractivity contribution in [3.05, 3.63) is 29.3 Å². The van der Waals surface area contributed by atoms with Gasteiger partial charge in [-0.15, -0.1) is 0 Å². The van der Waals surface area contributed by atoms with Crippen LogP contribution in [0.5, 0.6) is 0 Å². The van der Waals surface area contributed by atoms with Crippen LogP contribution in [0.25, 0.3) is 0 Å². The molecule has 0 aromatic heterocycles. The number of carboxylic acid groups (broad SMARTS) is 1. The predicted octanol–water partition coefficient (Wildman–Crippen LogP) is 3.37. The number of carboxylic acids is 1. The average molecular weight is 290 g/mol. The van der Waals surface area contributed by atoms with E-state index in [1.807, 2.05) is 12.1 Å². The minimum absolute atomic E-state index is 0.256. The van der Waals surface area contributed by atoms with Gasteiger partial charge in [0.2, 0.25) is 0 Å². The zero-order valence-electron chi connectivity index (χ0n) is 13.0. The van der Waals surface area contributed by atoms with Gasteiger partial charge in [-0.3, -0.25) is 4.90 Å². The molecule has 116 valence electrons. The monoisotopic (exact) mass is 290 g/mol. The summed E-state index contributed by atoms with van der Waals surface area (Å²) in [6, 6.07) is 5.91. The molecule has 0 amide bonds. The second kappa shape index (κ2) is 6.94. The third-order valence-corrected chi connectivity index (χ3v) is 4.83. The molecule has 1 aromatic carbocycles. The minimum Gasteiger partial charge on any atom is -0.478 e. The lowest BCUT2D eigenvalue weighted by Gasteiger charge is -2.34. The quantitative estimate of drug-likeness (QED) is 0.816. The van der Waals surface area contributed by atoms with Crippen molar-refractivity contribution in [3.8, 4) is 0 Å². The maximum absolute atomic E-state index is 11.4. The van der Waals surface area contributed by atoms with Crippen LogP contribution in [0.15, 0.2) is 18.2 Å². The number of hydrogen-bond acceptors (Lipinski definition) is 3. The molecule has 0 atom stereocenters. The van der Waals surface area contributed by atoms with E-state index in [0.29, 0.717) is 18.3 Å². The summed E-state index contributed by atoms with van der Waals surface area (Å²) in [7, 11) is 2.09. The van der Waals surface area contributed by atoms with E-state index < -0.39 is 5.97 Å². The number of nitrogens with zero attached hydrogens (tertiary/aromatic N) is 1. The molecule has 0 radical (unpaired) electrons. The number of anilines is 1.